The van der Waals surface area contributed by atoms with Crippen molar-refractivity contribution in [3.05, 3.63) is 12.2 Å². The molecule has 0 rings (SSSR count). The Balaban J connectivity index is 4.15. The lowest BCUT2D eigenvalue weighted by molar-refractivity contribution is -0.141. The van der Waals surface area contributed by atoms with Crippen LogP contribution in [-0.2, 0) is 14.4 Å². The first-order valence-electron chi connectivity index (χ1n) is 5.95. The van der Waals surface area contributed by atoms with Gasteiger partial charge in [0.2, 0.25) is 11.8 Å². The van der Waals surface area contributed by atoms with E-state index >= 15 is 0 Å². The van der Waals surface area contributed by atoms with Gasteiger partial charge in [-0.3, -0.25) is 9.59 Å². The molecule has 0 saturated carbocycles. The number of carbonyl (C=O) groups excluding carboxylic acids is 2. The number of carboxylic acids is 1. The Bertz CT molecular complexity index is 326. The van der Waals surface area contributed by atoms with Gasteiger partial charge in [-0.1, -0.05) is 25.8 Å². The minimum atomic E-state index is -1.17. The molecule has 0 bridgehead atoms. The SMILES string of the molecule is CCCCC=CC(=O)N[C@@H](CCC(N)=O)C(=O)O. The number of aliphatic carboxylic acids is 1. The molecule has 0 aliphatic heterocycles. The molecule has 0 aliphatic carbocycles. The van der Waals surface area contributed by atoms with E-state index in [1.54, 1.807) is 6.08 Å². The fourth-order valence-corrected chi connectivity index (χ4v) is 1.28. The minimum absolute atomic E-state index is 0.000787. The third-order valence-corrected chi connectivity index (χ3v) is 2.29. The van der Waals surface area contributed by atoms with Crippen LogP contribution in [0.4, 0.5) is 0 Å². The summed E-state index contributed by atoms with van der Waals surface area (Å²) in [6, 6.07) is -1.08. The topological polar surface area (TPSA) is 109 Å². The van der Waals surface area contributed by atoms with E-state index in [2.05, 4.69) is 5.32 Å². The lowest BCUT2D eigenvalue weighted by Gasteiger charge is -2.11. The summed E-state index contributed by atoms with van der Waals surface area (Å²) < 4.78 is 0. The van der Waals surface area contributed by atoms with Crippen molar-refractivity contribution in [2.24, 2.45) is 5.73 Å². The number of amides is 2. The van der Waals surface area contributed by atoms with E-state index in [4.69, 9.17) is 10.8 Å². The highest BCUT2D eigenvalue weighted by atomic mass is 16.4. The van der Waals surface area contributed by atoms with Crippen molar-refractivity contribution in [3.63, 3.8) is 0 Å². The zero-order chi connectivity index (χ0) is 14.0. The predicted molar refractivity (Wildman–Crippen MR) is 66.7 cm³/mol. The Labute approximate surface area is 106 Å². The second kappa shape index (κ2) is 9.21. The summed E-state index contributed by atoms with van der Waals surface area (Å²) in [6.45, 7) is 2.04. The van der Waals surface area contributed by atoms with E-state index in [1.165, 1.54) is 6.08 Å². The average Bonchev–Trinajstić information content (AvgIpc) is 2.29. The van der Waals surface area contributed by atoms with E-state index in [0.29, 0.717) is 0 Å². The monoisotopic (exact) mass is 256 g/mol. The van der Waals surface area contributed by atoms with Crippen molar-refractivity contribution >= 4 is 17.8 Å². The van der Waals surface area contributed by atoms with Gasteiger partial charge in [-0.15, -0.1) is 0 Å². The van der Waals surface area contributed by atoms with Gasteiger partial charge in [0, 0.05) is 6.42 Å². The van der Waals surface area contributed by atoms with Crippen LogP contribution < -0.4 is 11.1 Å². The summed E-state index contributed by atoms with van der Waals surface area (Å²) in [4.78, 5) is 32.8. The first kappa shape index (κ1) is 16.1. The second-order valence-corrected chi connectivity index (χ2v) is 3.95. The molecule has 0 saturated heterocycles. The fourth-order valence-electron chi connectivity index (χ4n) is 1.28. The molecule has 6 nitrogen and oxygen atoms in total. The molecule has 2 amide bonds. The third-order valence-electron chi connectivity index (χ3n) is 2.29. The number of primary amides is 1. The van der Waals surface area contributed by atoms with Gasteiger partial charge in [0.15, 0.2) is 0 Å². The second-order valence-electron chi connectivity index (χ2n) is 3.95. The number of hydrogen-bond acceptors (Lipinski definition) is 3. The molecule has 0 aromatic rings. The van der Waals surface area contributed by atoms with E-state index in [9.17, 15) is 14.4 Å². The van der Waals surface area contributed by atoms with Crippen molar-refractivity contribution in [1.29, 1.82) is 0 Å². The summed E-state index contributed by atoms with van der Waals surface area (Å²) in [5.41, 5.74) is 4.93. The lowest BCUT2D eigenvalue weighted by atomic mass is 10.1. The van der Waals surface area contributed by atoms with Crippen LogP contribution in [0.15, 0.2) is 12.2 Å². The summed E-state index contributed by atoms with van der Waals surface area (Å²) in [5.74, 6) is -2.23. The largest absolute Gasteiger partial charge is 0.480 e. The summed E-state index contributed by atoms with van der Waals surface area (Å²) in [7, 11) is 0. The average molecular weight is 256 g/mol. The molecule has 18 heavy (non-hydrogen) atoms. The maximum absolute atomic E-state index is 11.4. The molecule has 6 heteroatoms. The fraction of sp³-hybridized carbons (Fsp3) is 0.583. The smallest absolute Gasteiger partial charge is 0.326 e. The standard InChI is InChI=1S/C12H20N2O4/c1-2-3-4-5-6-11(16)14-9(12(17)18)7-8-10(13)15/h5-6,9H,2-4,7-8H2,1H3,(H2,13,15)(H,14,16)(H,17,18)/t9-/m0/s1. The summed E-state index contributed by atoms with van der Waals surface area (Å²) in [6.07, 6.45) is 5.73. The molecule has 0 aliphatic rings. The van der Waals surface area contributed by atoms with Crippen LogP contribution >= 0.6 is 0 Å². The quantitative estimate of drug-likeness (QED) is 0.413. The Morgan fingerprint density at radius 1 is 1.39 bits per heavy atom. The minimum Gasteiger partial charge on any atom is -0.480 e. The number of rotatable bonds is 9. The van der Waals surface area contributed by atoms with E-state index in [-0.39, 0.29) is 12.8 Å². The van der Waals surface area contributed by atoms with Crippen LogP contribution in [0.5, 0.6) is 0 Å². The van der Waals surface area contributed by atoms with Crippen molar-refractivity contribution in [2.75, 3.05) is 0 Å². The molecule has 102 valence electrons. The van der Waals surface area contributed by atoms with Gasteiger partial charge in [0.1, 0.15) is 6.04 Å². The Morgan fingerprint density at radius 2 is 2.06 bits per heavy atom. The van der Waals surface area contributed by atoms with Gasteiger partial charge in [0.05, 0.1) is 0 Å². The normalized spacial score (nSPS) is 12.3. The van der Waals surface area contributed by atoms with Crippen LogP contribution in [0, 0.1) is 0 Å². The maximum Gasteiger partial charge on any atom is 0.326 e. The van der Waals surface area contributed by atoms with Gasteiger partial charge in [-0.05, 0) is 18.9 Å². The molecule has 0 heterocycles. The molecular weight excluding hydrogens is 236 g/mol. The molecule has 0 fully saturated rings. The number of carbonyl (C=O) groups is 3. The Morgan fingerprint density at radius 3 is 2.56 bits per heavy atom. The predicted octanol–water partition coefficient (Wildman–Crippen LogP) is 0.568. The van der Waals surface area contributed by atoms with Gasteiger partial charge in [0.25, 0.3) is 0 Å². The first-order valence-corrected chi connectivity index (χ1v) is 5.95. The van der Waals surface area contributed by atoms with Crippen LogP contribution in [0.25, 0.3) is 0 Å². The zero-order valence-corrected chi connectivity index (χ0v) is 10.5. The number of allylic oxidation sites excluding steroid dienone is 1. The van der Waals surface area contributed by atoms with Crippen molar-refractivity contribution in [3.8, 4) is 0 Å². The van der Waals surface area contributed by atoms with E-state index in [0.717, 1.165) is 19.3 Å². The highest BCUT2D eigenvalue weighted by Crippen LogP contribution is 1.99. The lowest BCUT2D eigenvalue weighted by Crippen LogP contribution is -2.40. The van der Waals surface area contributed by atoms with Gasteiger partial charge < -0.3 is 16.2 Å². The van der Waals surface area contributed by atoms with Crippen LogP contribution in [0.3, 0.4) is 0 Å². The number of nitrogens with one attached hydrogen (secondary N) is 1. The molecule has 0 unspecified atom stereocenters. The van der Waals surface area contributed by atoms with E-state index in [1.807, 2.05) is 6.92 Å². The molecule has 4 N–H and O–H groups in total. The molecular formula is C12H20N2O4. The Hall–Kier alpha value is -1.85. The first-order chi connectivity index (χ1) is 8.47. The summed E-state index contributed by atoms with van der Waals surface area (Å²) >= 11 is 0. The van der Waals surface area contributed by atoms with Crippen molar-refractivity contribution in [2.45, 2.75) is 45.1 Å². The molecule has 0 spiro atoms. The number of nitrogens with two attached hydrogens (primary N) is 1. The number of hydrogen-bond donors (Lipinski definition) is 3. The number of unbranched alkanes of at least 4 members (excludes halogenated alkanes) is 2. The van der Waals surface area contributed by atoms with Gasteiger partial charge >= 0.3 is 5.97 Å². The third kappa shape index (κ3) is 8.32. The van der Waals surface area contributed by atoms with Crippen molar-refractivity contribution < 1.29 is 19.5 Å². The summed E-state index contributed by atoms with van der Waals surface area (Å²) in [5, 5.41) is 11.2. The maximum atomic E-state index is 11.4. The molecule has 0 radical (unpaired) electrons. The molecule has 1 atom stereocenters. The van der Waals surface area contributed by atoms with Gasteiger partial charge in [-0.25, -0.2) is 4.79 Å². The number of carboxylic acid groups (broad SMARTS) is 1. The van der Waals surface area contributed by atoms with Gasteiger partial charge in [-0.2, -0.15) is 0 Å². The van der Waals surface area contributed by atoms with E-state index < -0.39 is 23.8 Å². The molecule has 0 aromatic carbocycles. The zero-order valence-electron chi connectivity index (χ0n) is 10.5. The Kier molecular flexibility index (Phi) is 8.26. The van der Waals surface area contributed by atoms with Crippen LogP contribution in [-0.4, -0.2) is 28.9 Å². The molecule has 0 aromatic heterocycles. The van der Waals surface area contributed by atoms with Crippen LogP contribution in [0.1, 0.15) is 39.0 Å². The van der Waals surface area contributed by atoms with Crippen molar-refractivity contribution in [1.82, 2.24) is 5.32 Å². The van der Waals surface area contributed by atoms with Crippen LogP contribution in [0.2, 0.25) is 0 Å². The highest BCUT2D eigenvalue weighted by Gasteiger charge is 2.19. The highest BCUT2D eigenvalue weighted by molar-refractivity contribution is 5.91.